The number of hydrogen-bond donors (Lipinski definition) is 1. The van der Waals surface area contributed by atoms with Gasteiger partial charge in [0.2, 0.25) is 0 Å². The Hall–Kier alpha value is -1.26. The maximum atomic E-state index is 5.88. The van der Waals surface area contributed by atoms with Crippen LogP contribution >= 0.6 is 24.8 Å². The van der Waals surface area contributed by atoms with Crippen molar-refractivity contribution in [2.75, 3.05) is 31.9 Å². The second-order valence-electron chi connectivity index (χ2n) is 6.14. The van der Waals surface area contributed by atoms with Crippen LogP contribution in [0.4, 0.5) is 5.69 Å². The molecule has 2 aromatic carbocycles. The highest BCUT2D eigenvalue weighted by atomic mass is 35.5. The number of nitrogens with zero attached hydrogens (tertiary/aromatic N) is 2. The average molecular weight is 368 g/mol. The monoisotopic (exact) mass is 367 g/mol. The van der Waals surface area contributed by atoms with Crippen molar-refractivity contribution in [3.8, 4) is 0 Å². The molecule has 1 aliphatic rings. The molecule has 1 fully saturated rings. The minimum absolute atomic E-state index is 0. The number of benzene rings is 2. The molecular formula is C19H27Cl2N3. The van der Waals surface area contributed by atoms with E-state index in [9.17, 15) is 0 Å². The molecule has 0 saturated carbocycles. The minimum atomic E-state index is 0. The maximum Gasteiger partial charge on any atom is 0.0317 e. The van der Waals surface area contributed by atoms with Gasteiger partial charge in [-0.25, -0.2) is 0 Å². The molecule has 5 heteroatoms. The Labute approximate surface area is 157 Å². The van der Waals surface area contributed by atoms with E-state index >= 15 is 0 Å². The van der Waals surface area contributed by atoms with Crippen molar-refractivity contribution in [2.24, 2.45) is 0 Å². The summed E-state index contributed by atoms with van der Waals surface area (Å²) in [5, 5.41) is 0. The molecule has 1 aliphatic heterocycles. The first-order valence-corrected chi connectivity index (χ1v) is 8.13. The van der Waals surface area contributed by atoms with Crippen molar-refractivity contribution in [3.05, 3.63) is 65.7 Å². The van der Waals surface area contributed by atoms with Crippen LogP contribution in [0.15, 0.2) is 54.6 Å². The number of anilines is 1. The van der Waals surface area contributed by atoms with Gasteiger partial charge in [-0.1, -0.05) is 42.5 Å². The molecule has 0 amide bonds. The largest absolute Gasteiger partial charge is 0.399 e. The van der Waals surface area contributed by atoms with Gasteiger partial charge in [0.15, 0.2) is 0 Å². The van der Waals surface area contributed by atoms with Gasteiger partial charge in [-0.3, -0.25) is 9.80 Å². The van der Waals surface area contributed by atoms with Crippen LogP contribution in [-0.4, -0.2) is 36.0 Å². The van der Waals surface area contributed by atoms with Crippen molar-refractivity contribution < 1.29 is 0 Å². The maximum absolute atomic E-state index is 5.88. The summed E-state index contributed by atoms with van der Waals surface area (Å²) >= 11 is 0. The molecule has 0 bridgehead atoms. The van der Waals surface area contributed by atoms with Crippen molar-refractivity contribution in [3.63, 3.8) is 0 Å². The zero-order valence-corrected chi connectivity index (χ0v) is 15.6. The fourth-order valence-corrected chi connectivity index (χ4v) is 3.13. The Kier molecular flexibility index (Phi) is 9.16. The summed E-state index contributed by atoms with van der Waals surface area (Å²) in [4.78, 5) is 5.11. The first-order chi connectivity index (χ1) is 10.8. The number of hydrogen-bond acceptors (Lipinski definition) is 3. The Morgan fingerprint density at radius 1 is 0.708 bits per heavy atom. The fraction of sp³-hybridized carbons (Fsp3) is 0.368. The molecule has 0 aromatic heterocycles. The Balaban J connectivity index is 0.00000144. The summed E-state index contributed by atoms with van der Waals surface area (Å²) < 4.78 is 0. The van der Waals surface area contributed by atoms with E-state index in [0.29, 0.717) is 0 Å². The molecule has 1 heterocycles. The third kappa shape index (κ3) is 6.33. The normalized spacial score (nSPS) is 15.8. The van der Waals surface area contributed by atoms with E-state index < -0.39 is 0 Å². The quantitative estimate of drug-likeness (QED) is 0.833. The van der Waals surface area contributed by atoms with Crippen LogP contribution in [0.25, 0.3) is 0 Å². The van der Waals surface area contributed by atoms with Crippen molar-refractivity contribution in [2.45, 2.75) is 19.5 Å². The van der Waals surface area contributed by atoms with E-state index in [0.717, 1.165) is 31.9 Å². The fourth-order valence-electron chi connectivity index (χ4n) is 3.13. The SMILES string of the molecule is Cl.Cl.Nc1cccc(CN2CCCN(Cc3ccccc3)CC2)c1. The zero-order chi connectivity index (χ0) is 15.2. The molecule has 3 rings (SSSR count). The Morgan fingerprint density at radius 2 is 1.29 bits per heavy atom. The van der Waals surface area contributed by atoms with Crippen LogP contribution in [0.5, 0.6) is 0 Å². The molecule has 0 aliphatic carbocycles. The van der Waals surface area contributed by atoms with Crippen LogP contribution < -0.4 is 5.73 Å². The minimum Gasteiger partial charge on any atom is -0.399 e. The lowest BCUT2D eigenvalue weighted by Crippen LogP contribution is -2.30. The predicted molar refractivity (Wildman–Crippen MR) is 107 cm³/mol. The first-order valence-electron chi connectivity index (χ1n) is 8.13. The van der Waals surface area contributed by atoms with Gasteiger partial charge in [-0.15, -0.1) is 24.8 Å². The summed E-state index contributed by atoms with van der Waals surface area (Å²) in [5.41, 5.74) is 9.46. The van der Waals surface area contributed by atoms with E-state index in [2.05, 4.69) is 52.3 Å². The number of nitrogen functional groups attached to an aromatic ring is 1. The second-order valence-corrected chi connectivity index (χ2v) is 6.14. The zero-order valence-electron chi connectivity index (χ0n) is 13.9. The van der Waals surface area contributed by atoms with E-state index in [1.165, 1.54) is 30.6 Å². The third-order valence-electron chi connectivity index (χ3n) is 4.29. The summed E-state index contributed by atoms with van der Waals surface area (Å²) in [7, 11) is 0. The summed E-state index contributed by atoms with van der Waals surface area (Å²) in [6.45, 7) is 6.68. The number of nitrogens with two attached hydrogens (primary N) is 1. The summed E-state index contributed by atoms with van der Waals surface area (Å²) in [6, 6.07) is 19.0. The van der Waals surface area contributed by atoms with Gasteiger partial charge in [0, 0.05) is 31.9 Å². The highest BCUT2D eigenvalue weighted by Crippen LogP contribution is 2.13. The van der Waals surface area contributed by atoms with Gasteiger partial charge in [-0.2, -0.15) is 0 Å². The van der Waals surface area contributed by atoms with Crippen molar-refractivity contribution in [1.82, 2.24) is 9.80 Å². The molecule has 132 valence electrons. The lowest BCUT2D eigenvalue weighted by Gasteiger charge is -2.22. The molecular weight excluding hydrogens is 341 g/mol. The van der Waals surface area contributed by atoms with E-state index in [4.69, 9.17) is 5.73 Å². The van der Waals surface area contributed by atoms with Crippen LogP contribution in [-0.2, 0) is 13.1 Å². The lowest BCUT2D eigenvalue weighted by molar-refractivity contribution is 0.247. The first kappa shape index (κ1) is 20.8. The van der Waals surface area contributed by atoms with E-state index in [1.54, 1.807) is 0 Å². The molecule has 2 N–H and O–H groups in total. The van der Waals surface area contributed by atoms with Crippen LogP contribution in [0.3, 0.4) is 0 Å². The Bertz CT molecular complexity index is 592. The van der Waals surface area contributed by atoms with Gasteiger partial charge in [0.05, 0.1) is 0 Å². The molecule has 0 atom stereocenters. The second kappa shape index (κ2) is 10.6. The van der Waals surface area contributed by atoms with Gasteiger partial charge in [-0.05, 0) is 42.8 Å². The third-order valence-corrected chi connectivity index (χ3v) is 4.29. The summed E-state index contributed by atoms with van der Waals surface area (Å²) in [6.07, 6.45) is 1.23. The topological polar surface area (TPSA) is 32.5 Å². The smallest absolute Gasteiger partial charge is 0.0317 e. The average Bonchev–Trinajstić information content (AvgIpc) is 2.74. The summed E-state index contributed by atoms with van der Waals surface area (Å²) in [5.74, 6) is 0. The molecule has 0 unspecified atom stereocenters. The molecule has 2 aromatic rings. The van der Waals surface area contributed by atoms with E-state index in [1.807, 2.05) is 12.1 Å². The van der Waals surface area contributed by atoms with Gasteiger partial charge in [0.25, 0.3) is 0 Å². The van der Waals surface area contributed by atoms with Crippen LogP contribution in [0, 0.1) is 0 Å². The standard InChI is InChI=1S/C19H25N3.2ClH/c20-19-9-4-8-18(14-19)16-22-11-5-10-21(12-13-22)15-17-6-2-1-3-7-17;;/h1-4,6-9,14H,5,10-13,15-16,20H2;2*1H. The van der Waals surface area contributed by atoms with Crippen molar-refractivity contribution >= 4 is 30.5 Å². The number of rotatable bonds is 4. The highest BCUT2D eigenvalue weighted by Gasteiger charge is 2.15. The molecule has 1 saturated heterocycles. The molecule has 3 nitrogen and oxygen atoms in total. The van der Waals surface area contributed by atoms with E-state index in [-0.39, 0.29) is 24.8 Å². The number of halogens is 2. The predicted octanol–water partition coefficient (Wildman–Crippen LogP) is 3.82. The van der Waals surface area contributed by atoms with Crippen LogP contribution in [0.2, 0.25) is 0 Å². The molecule has 0 radical (unpaired) electrons. The van der Waals surface area contributed by atoms with Gasteiger partial charge < -0.3 is 5.73 Å². The highest BCUT2D eigenvalue weighted by molar-refractivity contribution is 5.85. The van der Waals surface area contributed by atoms with Crippen LogP contribution in [0.1, 0.15) is 17.5 Å². The lowest BCUT2D eigenvalue weighted by atomic mass is 10.2. The van der Waals surface area contributed by atoms with Gasteiger partial charge >= 0.3 is 0 Å². The van der Waals surface area contributed by atoms with Gasteiger partial charge in [0.1, 0.15) is 0 Å². The molecule has 0 spiro atoms. The van der Waals surface area contributed by atoms with Crippen molar-refractivity contribution in [1.29, 1.82) is 0 Å². The molecule has 24 heavy (non-hydrogen) atoms. The Morgan fingerprint density at radius 3 is 1.92 bits per heavy atom.